The molecule has 2 aliphatic rings. The van der Waals surface area contributed by atoms with Crippen molar-refractivity contribution in [3.63, 3.8) is 0 Å². The highest BCUT2D eigenvalue weighted by Crippen LogP contribution is 2.23. The zero-order valence-corrected chi connectivity index (χ0v) is 17.3. The fourth-order valence-corrected chi connectivity index (χ4v) is 3.63. The number of hydrogen-bond donors (Lipinski definition) is 7. The van der Waals surface area contributed by atoms with Crippen LogP contribution in [-0.2, 0) is 14.3 Å². The molecule has 8 N–H and O–H groups in total. The van der Waals surface area contributed by atoms with Gasteiger partial charge in [0.2, 0.25) is 5.91 Å². The quantitative estimate of drug-likeness (QED) is 0.185. The van der Waals surface area contributed by atoms with Crippen LogP contribution in [0.25, 0.3) is 0 Å². The summed E-state index contributed by atoms with van der Waals surface area (Å²) >= 11 is 0. The van der Waals surface area contributed by atoms with Crippen LogP contribution in [0.15, 0.2) is 0 Å². The van der Waals surface area contributed by atoms with E-state index in [1.807, 2.05) is 7.05 Å². The number of carbonyl (C=O) groups is 2. The van der Waals surface area contributed by atoms with E-state index in [9.17, 15) is 19.8 Å². The molecule has 2 rings (SSSR count). The van der Waals surface area contributed by atoms with E-state index in [0.717, 1.165) is 0 Å². The highest BCUT2D eigenvalue weighted by molar-refractivity contribution is 5.86. The van der Waals surface area contributed by atoms with Crippen LogP contribution in [0.2, 0.25) is 0 Å². The van der Waals surface area contributed by atoms with Crippen LogP contribution in [0.5, 0.6) is 0 Å². The number of hydrogen-bond acceptors (Lipinski definition) is 9. The molecule has 168 valence electrons. The van der Waals surface area contributed by atoms with Crippen LogP contribution in [0.3, 0.4) is 0 Å². The van der Waals surface area contributed by atoms with E-state index >= 15 is 0 Å². The maximum atomic E-state index is 13.0. The van der Waals surface area contributed by atoms with Gasteiger partial charge in [-0.1, -0.05) is 0 Å². The minimum Gasteiger partial charge on any atom is -0.388 e. The monoisotopic (exact) mass is 416 g/mol. The van der Waals surface area contributed by atoms with Crippen molar-refractivity contribution in [1.29, 1.82) is 0 Å². The van der Waals surface area contributed by atoms with Gasteiger partial charge < -0.3 is 46.9 Å². The Morgan fingerprint density at radius 2 is 1.93 bits per heavy atom. The number of nitrogens with one attached hydrogen (secondary N) is 4. The van der Waals surface area contributed by atoms with E-state index in [2.05, 4.69) is 21.3 Å². The van der Waals surface area contributed by atoms with Crippen LogP contribution in [0.1, 0.15) is 13.3 Å². The molecular weight excluding hydrogens is 380 g/mol. The minimum absolute atomic E-state index is 0.298. The Morgan fingerprint density at radius 3 is 2.55 bits per heavy atom. The first kappa shape index (κ1) is 23.9. The van der Waals surface area contributed by atoms with Crippen molar-refractivity contribution in [2.45, 2.75) is 49.8 Å². The van der Waals surface area contributed by atoms with Crippen molar-refractivity contribution < 1.29 is 24.5 Å². The molecule has 11 heteroatoms. The first-order valence-electron chi connectivity index (χ1n) is 10.3. The molecular formula is C18H36N6O5. The summed E-state index contributed by atoms with van der Waals surface area (Å²) in [6.45, 7) is 5.51. The average molecular weight is 417 g/mol. The highest BCUT2D eigenvalue weighted by Gasteiger charge is 2.48. The van der Waals surface area contributed by atoms with Gasteiger partial charge in [0, 0.05) is 39.3 Å². The number of likely N-dealkylation sites (N-methyl/N-ethyl adjacent to an activating group) is 1. The van der Waals surface area contributed by atoms with Gasteiger partial charge in [0.1, 0.15) is 12.2 Å². The Balaban J connectivity index is 2.12. The lowest BCUT2D eigenvalue weighted by Gasteiger charge is -2.43. The molecule has 0 spiro atoms. The van der Waals surface area contributed by atoms with Crippen LogP contribution >= 0.6 is 0 Å². The second-order valence-electron chi connectivity index (χ2n) is 7.54. The van der Waals surface area contributed by atoms with Gasteiger partial charge in [-0.3, -0.25) is 9.59 Å². The molecule has 2 fully saturated rings. The molecule has 0 aromatic carbocycles. The normalized spacial score (nSPS) is 31.3. The molecule has 0 radical (unpaired) electrons. The number of amides is 2. The molecule has 0 bridgehead atoms. The zero-order valence-electron chi connectivity index (χ0n) is 17.3. The lowest BCUT2D eigenvalue weighted by molar-refractivity contribution is -0.193. The third kappa shape index (κ3) is 6.32. The molecule has 11 nitrogen and oxygen atoms in total. The van der Waals surface area contributed by atoms with Gasteiger partial charge in [0.15, 0.2) is 6.10 Å². The van der Waals surface area contributed by atoms with Crippen molar-refractivity contribution in [2.24, 2.45) is 5.73 Å². The van der Waals surface area contributed by atoms with Crippen LogP contribution in [0.4, 0.5) is 0 Å². The molecule has 2 saturated heterocycles. The average Bonchev–Trinajstić information content (AvgIpc) is 2.73. The number of aliphatic hydroxyl groups is 2. The molecule has 0 aromatic heterocycles. The van der Waals surface area contributed by atoms with E-state index in [-0.39, 0.29) is 11.8 Å². The van der Waals surface area contributed by atoms with Crippen LogP contribution < -0.4 is 27.0 Å². The van der Waals surface area contributed by atoms with Gasteiger partial charge >= 0.3 is 0 Å². The van der Waals surface area contributed by atoms with Crippen molar-refractivity contribution in [2.75, 3.05) is 52.9 Å². The third-order valence-electron chi connectivity index (χ3n) is 5.40. The molecule has 0 aromatic rings. The number of aliphatic hydroxyl groups excluding tert-OH is 2. The molecule has 2 heterocycles. The van der Waals surface area contributed by atoms with Crippen molar-refractivity contribution >= 4 is 11.8 Å². The SMILES string of the molecule is CNCCNC(CCN)C(=O)NC1C(C(=O)N2CCNCC2)OC(C)C(O)C1O. The first-order valence-corrected chi connectivity index (χ1v) is 10.3. The second kappa shape index (κ2) is 11.7. The number of nitrogens with two attached hydrogens (primary N) is 1. The molecule has 0 aliphatic carbocycles. The van der Waals surface area contributed by atoms with Gasteiger partial charge in [0.05, 0.1) is 18.2 Å². The highest BCUT2D eigenvalue weighted by atomic mass is 16.5. The Labute approximate surface area is 171 Å². The predicted molar refractivity (Wildman–Crippen MR) is 107 cm³/mol. The minimum atomic E-state index is -1.32. The number of ether oxygens (including phenoxy) is 1. The van der Waals surface area contributed by atoms with Crippen LogP contribution in [0, 0.1) is 0 Å². The summed E-state index contributed by atoms with van der Waals surface area (Å²) in [5.41, 5.74) is 5.63. The Kier molecular flexibility index (Phi) is 9.69. The molecule has 2 amide bonds. The lowest BCUT2D eigenvalue weighted by atomic mass is 9.91. The fraction of sp³-hybridized carbons (Fsp3) is 0.889. The topological polar surface area (TPSA) is 161 Å². The van der Waals surface area contributed by atoms with Crippen molar-refractivity contribution in [3.05, 3.63) is 0 Å². The maximum absolute atomic E-state index is 13.0. The Bertz CT molecular complexity index is 533. The molecule has 2 aliphatic heterocycles. The smallest absolute Gasteiger partial charge is 0.254 e. The van der Waals surface area contributed by atoms with E-state index in [4.69, 9.17) is 10.5 Å². The van der Waals surface area contributed by atoms with Gasteiger partial charge in [-0.2, -0.15) is 0 Å². The molecule has 29 heavy (non-hydrogen) atoms. The molecule has 6 unspecified atom stereocenters. The van der Waals surface area contributed by atoms with E-state index in [1.165, 1.54) is 0 Å². The summed E-state index contributed by atoms with van der Waals surface area (Å²) in [5.74, 6) is -0.688. The number of rotatable bonds is 9. The third-order valence-corrected chi connectivity index (χ3v) is 5.40. The molecule has 6 atom stereocenters. The lowest BCUT2D eigenvalue weighted by Crippen LogP contribution is -2.68. The largest absolute Gasteiger partial charge is 0.388 e. The van der Waals surface area contributed by atoms with Gasteiger partial charge in [-0.15, -0.1) is 0 Å². The predicted octanol–water partition coefficient (Wildman–Crippen LogP) is -4.06. The van der Waals surface area contributed by atoms with Gasteiger partial charge in [-0.25, -0.2) is 0 Å². The summed E-state index contributed by atoms with van der Waals surface area (Å²) in [6, 6.07) is -1.63. The number of carbonyl (C=O) groups excluding carboxylic acids is 2. The summed E-state index contributed by atoms with van der Waals surface area (Å²) in [4.78, 5) is 27.5. The Morgan fingerprint density at radius 1 is 1.24 bits per heavy atom. The standard InChI is InChI=1S/C18H36N6O5/c1-11-14(25)15(26)13(16(29-11)18(28)24-9-7-21-8-10-24)23-17(27)12(3-4-19)22-6-5-20-2/h11-16,20-22,25-26H,3-10,19H2,1-2H3,(H,23,27). The van der Waals surface area contributed by atoms with Crippen LogP contribution in [-0.4, -0.2) is 116 Å². The summed E-state index contributed by atoms with van der Waals surface area (Å²) in [5, 5.41) is 32.9. The van der Waals surface area contributed by atoms with E-state index < -0.39 is 36.5 Å². The van der Waals surface area contributed by atoms with E-state index in [0.29, 0.717) is 52.2 Å². The fourth-order valence-electron chi connectivity index (χ4n) is 3.63. The van der Waals surface area contributed by atoms with Crippen molar-refractivity contribution in [3.8, 4) is 0 Å². The Hall–Kier alpha value is -1.34. The van der Waals surface area contributed by atoms with Crippen molar-refractivity contribution in [1.82, 2.24) is 26.2 Å². The molecule has 0 saturated carbocycles. The first-order chi connectivity index (χ1) is 13.9. The number of nitrogens with zero attached hydrogens (tertiary/aromatic N) is 1. The van der Waals surface area contributed by atoms with E-state index in [1.54, 1.807) is 11.8 Å². The number of piperazine rings is 1. The summed E-state index contributed by atoms with van der Waals surface area (Å²) in [7, 11) is 1.81. The second-order valence-corrected chi connectivity index (χ2v) is 7.54. The summed E-state index contributed by atoms with van der Waals surface area (Å²) < 4.78 is 5.74. The van der Waals surface area contributed by atoms with Gasteiger partial charge in [-0.05, 0) is 26.9 Å². The summed E-state index contributed by atoms with van der Waals surface area (Å²) in [6.07, 6.45) is -3.94. The zero-order chi connectivity index (χ0) is 21.4. The maximum Gasteiger partial charge on any atom is 0.254 e. The van der Waals surface area contributed by atoms with Gasteiger partial charge in [0.25, 0.3) is 5.91 Å².